The van der Waals surface area contributed by atoms with E-state index in [9.17, 15) is 4.79 Å². The number of amides is 1. The summed E-state index contributed by atoms with van der Waals surface area (Å²) in [5, 5.41) is 4.12. The lowest BCUT2D eigenvalue weighted by molar-refractivity contribution is 0.0295. The largest absolute Gasteiger partial charge is 0.379 e. The first kappa shape index (κ1) is 15.5. The molecule has 0 bridgehead atoms. The molecule has 1 atom stereocenters. The van der Waals surface area contributed by atoms with E-state index in [4.69, 9.17) is 4.74 Å². The summed E-state index contributed by atoms with van der Waals surface area (Å²) in [5.41, 5.74) is 0.709. The van der Waals surface area contributed by atoms with E-state index in [-0.39, 0.29) is 5.91 Å². The zero-order valence-corrected chi connectivity index (χ0v) is 13.4. The van der Waals surface area contributed by atoms with Gasteiger partial charge in [-0.3, -0.25) is 14.4 Å². The number of carbonyl (C=O) groups is 1. The molecule has 22 heavy (non-hydrogen) atoms. The topological polar surface area (TPSA) is 50.6 Å². The van der Waals surface area contributed by atoms with Crippen LogP contribution in [0.15, 0.2) is 12.4 Å². The van der Waals surface area contributed by atoms with Crippen LogP contribution in [0.4, 0.5) is 0 Å². The Hall–Kier alpha value is -1.40. The van der Waals surface area contributed by atoms with Crippen LogP contribution >= 0.6 is 0 Å². The number of aryl methyl sites for hydroxylation is 1. The Morgan fingerprint density at radius 1 is 1.32 bits per heavy atom. The molecule has 0 aromatic carbocycles. The third-order valence-corrected chi connectivity index (χ3v) is 4.72. The van der Waals surface area contributed by atoms with Gasteiger partial charge in [0.15, 0.2) is 0 Å². The van der Waals surface area contributed by atoms with Gasteiger partial charge in [0.05, 0.1) is 25.0 Å². The number of morpholine rings is 1. The molecule has 0 spiro atoms. The molecule has 6 nitrogen and oxygen atoms in total. The van der Waals surface area contributed by atoms with Gasteiger partial charge in [-0.1, -0.05) is 0 Å². The van der Waals surface area contributed by atoms with Gasteiger partial charge >= 0.3 is 0 Å². The summed E-state index contributed by atoms with van der Waals surface area (Å²) >= 11 is 0. The maximum atomic E-state index is 12.7. The third kappa shape index (κ3) is 3.67. The van der Waals surface area contributed by atoms with E-state index in [2.05, 4.69) is 14.9 Å². The molecule has 0 aliphatic carbocycles. The van der Waals surface area contributed by atoms with Crippen LogP contribution in [0.1, 0.15) is 36.0 Å². The second kappa shape index (κ2) is 7.24. The highest BCUT2D eigenvalue weighted by Gasteiger charge is 2.28. The fourth-order valence-electron chi connectivity index (χ4n) is 3.42. The molecule has 3 rings (SSSR count). The van der Waals surface area contributed by atoms with Crippen molar-refractivity contribution in [2.24, 2.45) is 7.05 Å². The molecule has 122 valence electrons. The van der Waals surface area contributed by atoms with Gasteiger partial charge in [0.25, 0.3) is 5.91 Å². The van der Waals surface area contributed by atoms with Crippen LogP contribution < -0.4 is 0 Å². The van der Waals surface area contributed by atoms with Gasteiger partial charge in [-0.05, 0) is 25.7 Å². The molecule has 2 fully saturated rings. The van der Waals surface area contributed by atoms with Gasteiger partial charge in [0.2, 0.25) is 0 Å². The highest BCUT2D eigenvalue weighted by atomic mass is 16.5. The van der Waals surface area contributed by atoms with Crippen molar-refractivity contribution in [2.75, 3.05) is 39.4 Å². The van der Waals surface area contributed by atoms with Crippen LogP contribution in [0.3, 0.4) is 0 Å². The van der Waals surface area contributed by atoms with Crippen molar-refractivity contribution >= 4 is 5.91 Å². The number of carbonyl (C=O) groups excluding carboxylic acids is 1. The first-order valence-electron chi connectivity index (χ1n) is 8.34. The Morgan fingerprint density at radius 3 is 2.86 bits per heavy atom. The first-order valence-corrected chi connectivity index (χ1v) is 8.34. The van der Waals surface area contributed by atoms with Crippen molar-refractivity contribution < 1.29 is 9.53 Å². The number of hydrogen-bond acceptors (Lipinski definition) is 4. The van der Waals surface area contributed by atoms with Crippen LogP contribution in [0.25, 0.3) is 0 Å². The maximum Gasteiger partial charge on any atom is 0.257 e. The minimum atomic E-state index is 0.139. The van der Waals surface area contributed by atoms with E-state index in [1.807, 2.05) is 13.2 Å². The molecular weight excluding hydrogens is 280 g/mol. The van der Waals surface area contributed by atoms with Crippen molar-refractivity contribution in [3.63, 3.8) is 0 Å². The van der Waals surface area contributed by atoms with Gasteiger partial charge in [-0.25, -0.2) is 0 Å². The Labute approximate surface area is 132 Å². The second-order valence-electron chi connectivity index (χ2n) is 6.29. The monoisotopic (exact) mass is 306 g/mol. The number of aromatic nitrogens is 2. The van der Waals surface area contributed by atoms with Gasteiger partial charge < -0.3 is 9.64 Å². The van der Waals surface area contributed by atoms with E-state index >= 15 is 0 Å². The Bertz CT molecular complexity index is 496. The lowest BCUT2D eigenvalue weighted by atomic mass is 9.98. The molecule has 0 saturated carbocycles. The molecule has 0 unspecified atom stereocenters. The molecular formula is C16H26N4O2. The van der Waals surface area contributed by atoms with Crippen LogP contribution in [-0.4, -0.2) is 70.9 Å². The average molecular weight is 306 g/mol. The lowest BCUT2D eigenvalue weighted by Crippen LogP contribution is -2.46. The van der Waals surface area contributed by atoms with Crippen molar-refractivity contribution in [1.29, 1.82) is 0 Å². The fraction of sp³-hybridized carbons (Fsp3) is 0.750. The van der Waals surface area contributed by atoms with Crippen LogP contribution in [0.2, 0.25) is 0 Å². The molecule has 6 heteroatoms. The molecule has 2 aliphatic heterocycles. The minimum Gasteiger partial charge on any atom is -0.379 e. The van der Waals surface area contributed by atoms with Gasteiger partial charge in [0.1, 0.15) is 0 Å². The summed E-state index contributed by atoms with van der Waals surface area (Å²) in [6.07, 6.45) is 8.01. The fourth-order valence-corrected chi connectivity index (χ4v) is 3.42. The van der Waals surface area contributed by atoms with Crippen LogP contribution in [-0.2, 0) is 11.8 Å². The molecule has 1 amide bonds. The van der Waals surface area contributed by atoms with E-state index in [0.717, 1.165) is 58.7 Å². The molecule has 2 aliphatic rings. The number of hydrogen-bond donors (Lipinski definition) is 0. The molecule has 1 aromatic rings. The van der Waals surface area contributed by atoms with Gasteiger partial charge in [-0.15, -0.1) is 0 Å². The van der Waals surface area contributed by atoms with Gasteiger partial charge in [0, 0.05) is 45.5 Å². The van der Waals surface area contributed by atoms with E-state index in [0.29, 0.717) is 11.6 Å². The predicted molar refractivity (Wildman–Crippen MR) is 83.8 cm³/mol. The number of ether oxygens (including phenoxy) is 1. The number of nitrogens with zero attached hydrogens (tertiary/aromatic N) is 4. The standard InChI is InChI=1S/C16H26N4O2/c1-18-13-14(12-17-18)16(21)20-6-3-2-4-15(20)5-7-19-8-10-22-11-9-19/h12-13,15H,2-11H2,1H3/t15-/m0/s1. The van der Waals surface area contributed by atoms with Crippen molar-refractivity contribution in [3.05, 3.63) is 18.0 Å². The Kier molecular flexibility index (Phi) is 5.10. The van der Waals surface area contributed by atoms with E-state index in [1.165, 1.54) is 6.42 Å². The summed E-state index contributed by atoms with van der Waals surface area (Å²) in [6.45, 7) is 5.64. The zero-order chi connectivity index (χ0) is 15.4. The summed E-state index contributed by atoms with van der Waals surface area (Å²) in [5.74, 6) is 0.139. The average Bonchev–Trinajstić information content (AvgIpc) is 3.00. The predicted octanol–water partition coefficient (Wildman–Crippen LogP) is 1.14. The summed E-state index contributed by atoms with van der Waals surface area (Å²) in [4.78, 5) is 17.2. The highest BCUT2D eigenvalue weighted by molar-refractivity contribution is 5.94. The van der Waals surface area contributed by atoms with Crippen molar-refractivity contribution in [1.82, 2.24) is 19.6 Å². The normalized spacial score (nSPS) is 23.7. The van der Waals surface area contributed by atoms with Crippen molar-refractivity contribution in [3.8, 4) is 0 Å². The smallest absolute Gasteiger partial charge is 0.257 e. The van der Waals surface area contributed by atoms with Crippen molar-refractivity contribution in [2.45, 2.75) is 31.7 Å². The highest BCUT2D eigenvalue weighted by Crippen LogP contribution is 2.22. The molecule has 0 radical (unpaired) electrons. The van der Waals surface area contributed by atoms with E-state index < -0.39 is 0 Å². The maximum absolute atomic E-state index is 12.7. The molecule has 2 saturated heterocycles. The zero-order valence-electron chi connectivity index (χ0n) is 13.4. The molecule has 1 aromatic heterocycles. The van der Waals surface area contributed by atoms with Crippen LogP contribution in [0, 0.1) is 0 Å². The molecule has 0 N–H and O–H groups in total. The summed E-state index contributed by atoms with van der Waals surface area (Å²) < 4.78 is 7.09. The van der Waals surface area contributed by atoms with E-state index in [1.54, 1.807) is 10.9 Å². The SMILES string of the molecule is Cn1cc(C(=O)N2CCCC[C@H]2CCN2CCOCC2)cn1. The minimum absolute atomic E-state index is 0.139. The van der Waals surface area contributed by atoms with Gasteiger partial charge in [-0.2, -0.15) is 5.10 Å². The number of piperidine rings is 1. The Morgan fingerprint density at radius 2 is 2.14 bits per heavy atom. The Balaban J connectivity index is 1.59. The first-order chi connectivity index (χ1) is 10.7. The number of rotatable bonds is 4. The summed E-state index contributed by atoms with van der Waals surface area (Å²) in [6, 6.07) is 0.365. The third-order valence-electron chi connectivity index (χ3n) is 4.72. The molecule has 3 heterocycles. The lowest BCUT2D eigenvalue weighted by Gasteiger charge is -2.37. The number of likely N-dealkylation sites (tertiary alicyclic amines) is 1. The quantitative estimate of drug-likeness (QED) is 0.837. The summed E-state index contributed by atoms with van der Waals surface area (Å²) in [7, 11) is 1.85. The van der Waals surface area contributed by atoms with Crippen LogP contribution in [0.5, 0.6) is 0 Å². The second-order valence-corrected chi connectivity index (χ2v) is 6.29.